The summed E-state index contributed by atoms with van der Waals surface area (Å²) in [6, 6.07) is 30.0. The van der Waals surface area contributed by atoms with Crippen LogP contribution in [0, 0.1) is 6.92 Å². The van der Waals surface area contributed by atoms with Crippen molar-refractivity contribution in [3.63, 3.8) is 0 Å². The molecular weight excluding hydrogens is 460 g/mol. The van der Waals surface area contributed by atoms with Crippen LogP contribution in [0.2, 0.25) is 0 Å². The van der Waals surface area contributed by atoms with Gasteiger partial charge in [0.2, 0.25) is 0 Å². The molecular formula is C32H32N2O3. The van der Waals surface area contributed by atoms with Crippen molar-refractivity contribution in [3.8, 4) is 5.75 Å². The fraction of sp³-hybridized carbons (Fsp3) is 0.188. The van der Waals surface area contributed by atoms with E-state index < -0.39 is 0 Å². The molecule has 0 radical (unpaired) electrons. The van der Waals surface area contributed by atoms with E-state index in [0.717, 1.165) is 16.7 Å². The second-order valence-corrected chi connectivity index (χ2v) is 10.0. The number of nitrogens with one attached hydrogen (secondary N) is 2. The van der Waals surface area contributed by atoms with E-state index in [1.165, 1.54) is 0 Å². The van der Waals surface area contributed by atoms with Gasteiger partial charge < -0.3 is 15.4 Å². The lowest BCUT2D eigenvalue weighted by atomic mass is 9.86. The quantitative estimate of drug-likeness (QED) is 0.283. The predicted molar refractivity (Wildman–Crippen MR) is 149 cm³/mol. The molecule has 0 saturated carbocycles. The van der Waals surface area contributed by atoms with Crippen LogP contribution >= 0.6 is 0 Å². The third-order valence-corrected chi connectivity index (χ3v) is 6.12. The molecule has 5 nitrogen and oxygen atoms in total. The van der Waals surface area contributed by atoms with E-state index in [1.807, 2.05) is 79.7 Å². The maximum atomic E-state index is 13.2. The van der Waals surface area contributed by atoms with E-state index in [-0.39, 0.29) is 17.2 Å². The first-order valence-corrected chi connectivity index (χ1v) is 12.3. The van der Waals surface area contributed by atoms with Crippen LogP contribution in [-0.4, -0.2) is 11.8 Å². The number of hydrogen-bond donors (Lipinski definition) is 2. The first-order chi connectivity index (χ1) is 17.7. The van der Waals surface area contributed by atoms with Gasteiger partial charge in [-0.3, -0.25) is 9.59 Å². The fourth-order valence-electron chi connectivity index (χ4n) is 3.87. The van der Waals surface area contributed by atoms with Gasteiger partial charge in [0.15, 0.2) is 0 Å². The lowest BCUT2D eigenvalue weighted by molar-refractivity contribution is 0.102. The van der Waals surface area contributed by atoms with Crippen LogP contribution in [-0.2, 0) is 12.0 Å². The van der Waals surface area contributed by atoms with Crippen molar-refractivity contribution in [2.24, 2.45) is 0 Å². The molecule has 0 aliphatic carbocycles. The van der Waals surface area contributed by atoms with Gasteiger partial charge in [0, 0.05) is 17.3 Å². The summed E-state index contributed by atoms with van der Waals surface area (Å²) >= 11 is 0. The number of para-hydroxylation sites is 1. The Balaban J connectivity index is 1.46. The average Bonchev–Trinajstić information content (AvgIpc) is 2.89. The van der Waals surface area contributed by atoms with Crippen LogP contribution < -0.4 is 15.4 Å². The van der Waals surface area contributed by atoms with Gasteiger partial charge in [0.05, 0.1) is 11.3 Å². The van der Waals surface area contributed by atoms with Crippen molar-refractivity contribution >= 4 is 23.2 Å². The molecule has 0 saturated heterocycles. The Kier molecular flexibility index (Phi) is 7.73. The number of rotatable bonds is 7. The summed E-state index contributed by atoms with van der Waals surface area (Å²) < 4.78 is 6.00. The van der Waals surface area contributed by atoms with Crippen LogP contribution in [0.15, 0.2) is 97.1 Å². The third kappa shape index (κ3) is 6.64. The fourth-order valence-corrected chi connectivity index (χ4v) is 3.87. The summed E-state index contributed by atoms with van der Waals surface area (Å²) in [6.07, 6.45) is 0. The molecule has 4 aromatic carbocycles. The van der Waals surface area contributed by atoms with E-state index in [9.17, 15) is 9.59 Å². The van der Waals surface area contributed by atoms with Gasteiger partial charge in [-0.05, 0) is 59.4 Å². The van der Waals surface area contributed by atoms with Crippen LogP contribution in [0.1, 0.15) is 58.2 Å². The minimum absolute atomic E-state index is 0.00211. The van der Waals surface area contributed by atoms with Gasteiger partial charge >= 0.3 is 0 Å². The van der Waals surface area contributed by atoms with E-state index in [4.69, 9.17) is 4.74 Å². The van der Waals surface area contributed by atoms with Crippen molar-refractivity contribution in [2.45, 2.75) is 39.7 Å². The van der Waals surface area contributed by atoms with Crippen LogP contribution in [0.25, 0.3) is 0 Å². The van der Waals surface area contributed by atoms with Gasteiger partial charge in [-0.1, -0.05) is 81.4 Å². The topological polar surface area (TPSA) is 67.4 Å². The standard InChI is InChI=1S/C32H32N2O3/c1-22-14-19-26(20-29(22)37-21-23-10-6-5-7-11-23)33-31(36)27-12-8-9-13-28(27)34-30(35)24-15-17-25(18-16-24)32(2,3)4/h5-20H,21H2,1-4H3,(H,33,36)(H,34,35). The first kappa shape index (κ1) is 25.7. The van der Waals surface area contributed by atoms with Crippen LogP contribution in [0.4, 0.5) is 11.4 Å². The van der Waals surface area contributed by atoms with E-state index in [1.54, 1.807) is 24.3 Å². The van der Waals surface area contributed by atoms with Gasteiger partial charge in [-0.15, -0.1) is 0 Å². The molecule has 4 aromatic rings. The Labute approximate surface area is 218 Å². The molecule has 4 rings (SSSR count). The maximum Gasteiger partial charge on any atom is 0.257 e. The average molecular weight is 493 g/mol. The molecule has 0 aliphatic rings. The highest BCUT2D eigenvalue weighted by molar-refractivity contribution is 6.12. The summed E-state index contributed by atoms with van der Waals surface area (Å²) in [6.45, 7) is 8.78. The lowest BCUT2D eigenvalue weighted by Gasteiger charge is -2.19. The minimum Gasteiger partial charge on any atom is -0.489 e. The Morgan fingerprint density at radius 2 is 1.43 bits per heavy atom. The zero-order chi connectivity index (χ0) is 26.4. The monoisotopic (exact) mass is 492 g/mol. The largest absolute Gasteiger partial charge is 0.489 e. The zero-order valence-corrected chi connectivity index (χ0v) is 21.7. The summed E-state index contributed by atoms with van der Waals surface area (Å²) in [7, 11) is 0. The molecule has 188 valence electrons. The molecule has 0 aromatic heterocycles. The Morgan fingerprint density at radius 3 is 2.14 bits per heavy atom. The van der Waals surface area contributed by atoms with Crippen molar-refractivity contribution in [2.75, 3.05) is 10.6 Å². The summed E-state index contributed by atoms with van der Waals surface area (Å²) in [5, 5.41) is 5.82. The molecule has 0 bridgehead atoms. The van der Waals surface area contributed by atoms with Crippen molar-refractivity contribution in [1.82, 2.24) is 0 Å². The molecule has 0 atom stereocenters. The van der Waals surface area contributed by atoms with Gasteiger partial charge in [0.1, 0.15) is 12.4 Å². The maximum absolute atomic E-state index is 13.2. The number of amides is 2. The van der Waals surface area contributed by atoms with Crippen molar-refractivity contribution in [1.29, 1.82) is 0 Å². The van der Waals surface area contributed by atoms with E-state index in [2.05, 4.69) is 31.4 Å². The normalized spacial score (nSPS) is 11.0. The van der Waals surface area contributed by atoms with Gasteiger partial charge in [-0.25, -0.2) is 0 Å². The van der Waals surface area contributed by atoms with Crippen LogP contribution in [0.5, 0.6) is 5.75 Å². The number of hydrogen-bond acceptors (Lipinski definition) is 3. The number of ether oxygens (including phenoxy) is 1. The molecule has 2 amide bonds. The first-order valence-electron chi connectivity index (χ1n) is 12.3. The Hall–Kier alpha value is -4.38. The number of carbonyl (C=O) groups excluding carboxylic acids is 2. The number of benzene rings is 4. The van der Waals surface area contributed by atoms with E-state index in [0.29, 0.717) is 34.9 Å². The second-order valence-electron chi connectivity index (χ2n) is 10.0. The zero-order valence-electron chi connectivity index (χ0n) is 21.7. The number of aryl methyl sites for hydroxylation is 1. The smallest absolute Gasteiger partial charge is 0.257 e. The Morgan fingerprint density at radius 1 is 0.757 bits per heavy atom. The number of carbonyl (C=O) groups is 2. The highest BCUT2D eigenvalue weighted by atomic mass is 16.5. The van der Waals surface area contributed by atoms with E-state index >= 15 is 0 Å². The summed E-state index contributed by atoms with van der Waals surface area (Å²) in [5.74, 6) is 0.103. The van der Waals surface area contributed by atoms with Crippen molar-refractivity contribution in [3.05, 3.63) is 125 Å². The minimum atomic E-state index is -0.322. The molecule has 2 N–H and O–H groups in total. The highest BCUT2D eigenvalue weighted by Gasteiger charge is 2.17. The predicted octanol–water partition coefficient (Wildman–Crippen LogP) is 7.38. The van der Waals surface area contributed by atoms with Crippen LogP contribution in [0.3, 0.4) is 0 Å². The van der Waals surface area contributed by atoms with Gasteiger partial charge in [0.25, 0.3) is 11.8 Å². The molecule has 0 unspecified atom stereocenters. The van der Waals surface area contributed by atoms with Crippen molar-refractivity contribution < 1.29 is 14.3 Å². The third-order valence-electron chi connectivity index (χ3n) is 6.12. The molecule has 37 heavy (non-hydrogen) atoms. The SMILES string of the molecule is Cc1ccc(NC(=O)c2ccccc2NC(=O)c2ccc(C(C)(C)C)cc2)cc1OCc1ccccc1. The highest BCUT2D eigenvalue weighted by Crippen LogP contribution is 2.26. The number of anilines is 2. The van der Waals surface area contributed by atoms with Gasteiger partial charge in [-0.2, -0.15) is 0 Å². The molecule has 0 spiro atoms. The molecule has 5 heteroatoms. The molecule has 0 aliphatic heterocycles. The summed E-state index contributed by atoms with van der Waals surface area (Å²) in [5.41, 5.74) is 5.14. The second kappa shape index (κ2) is 11.1. The lowest BCUT2D eigenvalue weighted by Crippen LogP contribution is -2.18. The molecule has 0 heterocycles. The summed E-state index contributed by atoms with van der Waals surface area (Å²) in [4.78, 5) is 26.1. The molecule has 0 fully saturated rings. The Bertz CT molecular complexity index is 1390.